The number of hydrogen-bond donors (Lipinski definition) is 0. The summed E-state index contributed by atoms with van der Waals surface area (Å²) in [4.78, 5) is 15.8. The molecule has 0 radical (unpaired) electrons. The molecular weight excluding hydrogens is 731 g/mol. The first-order valence-corrected chi connectivity index (χ1v) is 20.3. The average Bonchev–Trinajstić information content (AvgIpc) is 3.86. The number of pyridine rings is 1. The van der Waals surface area contributed by atoms with E-state index in [1.807, 2.05) is 18.2 Å². The number of fused-ring (bicyclic) bond motifs is 8. The quantitative estimate of drug-likeness (QED) is 0.169. The maximum Gasteiger partial charge on any atom is 0.160 e. The zero-order valence-electron chi connectivity index (χ0n) is 32.4. The van der Waals surface area contributed by atoms with Gasteiger partial charge in [-0.2, -0.15) is 0 Å². The SMILES string of the molecule is c1ccc(-c2nc(-c3ccc(-c4nc5ccccc5c5c4c4ccccc4n5-c4ccccc4)cc3)cc(-c3cccc(-n4c5ccccc5c5ccccc54)c3)n2)cc1. The van der Waals surface area contributed by atoms with Crippen molar-refractivity contribution in [2.45, 2.75) is 0 Å². The Bertz CT molecular complexity index is 3530. The van der Waals surface area contributed by atoms with Crippen molar-refractivity contribution in [1.29, 1.82) is 0 Å². The van der Waals surface area contributed by atoms with Gasteiger partial charge >= 0.3 is 0 Å². The van der Waals surface area contributed by atoms with E-state index in [-0.39, 0.29) is 0 Å². The lowest BCUT2D eigenvalue weighted by molar-refractivity contribution is 1.16. The standard InChI is InChI=1S/C55H35N5/c1-3-16-38(17-4-1)55-57-47(35-48(58-55)39-18-15-21-41(34-39)59-49-27-12-8-22-42(49)43-23-9-13-28-50(43)59)36-30-32-37(33-31-36)53-52-45-25-10-14-29-51(45)60(40-19-5-2-6-20-40)54(52)44-24-7-11-26-46(44)56-53/h1-35H. The molecule has 0 fully saturated rings. The van der Waals surface area contributed by atoms with Crippen molar-refractivity contribution in [1.82, 2.24) is 24.1 Å². The minimum Gasteiger partial charge on any atom is -0.309 e. The summed E-state index contributed by atoms with van der Waals surface area (Å²) in [6.07, 6.45) is 0. The van der Waals surface area contributed by atoms with Crippen molar-refractivity contribution in [3.8, 4) is 56.5 Å². The molecule has 0 atom stereocenters. The first kappa shape index (κ1) is 33.9. The second-order valence-electron chi connectivity index (χ2n) is 15.2. The molecule has 0 saturated heterocycles. The van der Waals surface area contributed by atoms with Gasteiger partial charge in [0.15, 0.2) is 5.82 Å². The van der Waals surface area contributed by atoms with E-state index in [9.17, 15) is 0 Å². The van der Waals surface area contributed by atoms with Gasteiger partial charge in [0.1, 0.15) is 0 Å². The average molecular weight is 766 g/mol. The van der Waals surface area contributed by atoms with E-state index < -0.39 is 0 Å². The van der Waals surface area contributed by atoms with E-state index in [0.29, 0.717) is 5.82 Å². The van der Waals surface area contributed by atoms with Crippen LogP contribution in [0.25, 0.3) is 111 Å². The Morgan fingerprint density at radius 3 is 1.53 bits per heavy atom. The highest BCUT2D eigenvalue weighted by molar-refractivity contribution is 6.22. The predicted molar refractivity (Wildman–Crippen MR) is 248 cm³/mol. The summed E-state index contributed by atoms with van der Waals surface area (Å²) < 4.78 is 4.73. The lowest BCUT2D eigenvalue weighted by atomic mass is 10.00. The van der Waals surface area contributed by atoms with Gasteiger partial charge in [-0.3, -0.25) is 0 Å². The summed E-state index contributed by atoms with van der Waals surface area (Å²) in [6.45, 7) is 0. The minimum absolute atomic E-state index is 0.682. The third-order valence-electron chi connectivity index (χ3n) is 11.7. The van der Waals surface area contributed by atoms with Gasteiger partial charge in [-0.15, -0.1) is 0 Å². The molecule has 0 unspecified atom stereocenters. The number of benzene rings is 8. The Balaban J connectivity index is 1.01. The molecule has 0 N–H and O–H groups in total. The van der Waals surface area contributed by atoms with Gasteiger partial charge in [-0.05, 0) is 54.6 Å². The van der Waals surface area contributed by atoms with Crippen LogP contribution in [0.5, 0.6) is 0 Å². The molecule has 8 aromatic carbocycles. The van der Waals surface area contributed by atoms with Crippen molar-refractivity contribution in [2.75, 3.05) is 0 Å². The fraction of sp³-hybridized carbons (Fsp3) is 0. The Morgan fingerprint density at radius 2 is 0.833 bits per heavy atom. The lowest BCUT2D eigenvalue weighted by Crippen LogP contribution is -1.98. The zero-order chi connectivity index (χ0) is 39.6. The molecule has 0 bridgehead atoms. The van der Waals surface area contributed by atoms with Gasteiger partial charge in [-0.1, -0.05) is 158 Å². The molecular formula is C55H35N5. The Labute approximate surface area is 346 Å². The molecule has 12 rings (SSSR count). The number of hydrogen-bond acceptors (Lipinski definition) is 3. The highest BCUT2D eigenvalue weighted by Gasteiger charge is 2.21. The van der Waals surface area contributed by atoms with Gasteiger partial charge in [0.2, 0.25) is 0 Å². The van der Waals surface area contributed by atoms with Crippen LogP contribution >= 0.6 is 0 Å². The summed E-state index contributed by atoms with van der Waals surface area (Å²) in [7, 11) is 0. The van der Waals surface area contributed by atoms with Crippen molar-refractivity contribution in [3.63, 3.8) is 0 Å². The minimum atomic E-state index is 0.682. The van der Waals surface area contributed by atoms with E-state index >= 15 is 0 Å². The van der Waals surface area contributed by atoms with Crippen molar-refractivity contribution in [2.24, 2.45) is 0 Å². The monoisotopic (exact) mass is 765 g/mol. The van der Waals surface area contributed by atoms with E-state index in [2.05, 4.69) is 203 Å². The number of para-hydroxylation sites is 5. The van der Waals surface area contributed by atoms with Crippen molar-refractivity contribution >= 4 is 54.5 Å². The largest absolute Gasteiger partial charge is 0.309 e. The molecule has 5 nitrogen and oxygen atoms in total. The van der Waals surface area contributed by atoms with Crippen LogP contribution in [-0.2, 0) is 0 Å². The Hall–Kier alpha value is -8.15. The van der Waals surface area contributed by atoms with Crippen LogP contribution in [0.4, 0.5) is 0 Å². The predicted octanol–water partition coefficient (Wildman–Crippen LogP) is 13.9. The maximum absolute atomic E-state index is 5.37. The number of nitrogens with zero attached hydrogens (tertiary/aromatic N) is 5. The molecule has 280 valence electrons. The topological polar surface area (TPSA) is 48.5 Å². The van der Waals surface area contributed by atoms with E-state index in [1.165, 1.54) is 27.2 Å². The third-order valence-corrected chi connectivity index (χ3v) is 11.7. The fourth-order valence-corrected chi connectivity index (χ4v) is 9.00. The number of rotatable bonds is 6. The van der Waals surface area contributed by atoms with E-state index in [1.54, 1.807) is 0 Å². The van der Waals surface area contributed by atoms with Crippen LogP contribution in [0.2, 0.25) is 0 Å². The van der Waals surface area contributed by atoms with Crippen LogP contribution in [0.1, 0.15) is 0 Å². The van der Waals surface area contributed by atoms with E-state index in [0.717, 1.165) is 78.0 Å². The molecule has 0 saturated carbocycles. The first-order valence-electron chi connectivity index (χ1n) is 20.3. The maximum atomic E-state index is 5.37. The summed E-state index contributed by atoms with van der Waals surface area (Å²) >= 11 is 0. The smallest absolute Gasteiger partial charge is 0.160 e. The number of aromatic nitrogens is 5. The summed E-state index contributed by atoms with van der Waals surface area (Å²) in [5, 5.41) is 5.90. The second kappa shape index (κ2) is 13.8. The molecule has 0 aliphatic heterocycles. The van der Waals surface area contributed by atoms with Gasteiger partial charge in [0.25, 0.3) is 0 Å². The van der Waals surface area contributed by atoms with Crippen LogP contribution in [0.15, 0.2) is 212 Å². The Morgan fingerprint density at radius 1 is 0.317 bits per heavy atom. The van der Waals surface area contributed by atoms with Crippen molar-refractivity contribution in [3.05, 3.63) is 212 Å². The first-order chi connectivity index (χ1) is 29.8. The molecule has 12 aromatic rings. The van der Waals surface area contributed by atoms with Crippen LogP contribution in [0, 0.1) is 0 Å². The van der Waals surface area contributed by atoms with Crippen LogP contribution in [0.3, 0.4) is 0 Å². The van der Waals surface area contributed by atoms with Gasteiger partial charge in [-0.25, -0.2) is 15.0 Å². The van der Waals surface area contributed by atoms with Gasteiger partial charge < -0.3 is 9.13 Å². The second-order valence-corrected chi connectivity index (χ2v) is 15.2. The molecule has 0 aliphatic carbocycles. The fourth-order valence-electron chi connectivity index (χ4n) is 9.00. The normalized spacial score (nSPS) is 11.7. The third kappa shape index (κ3) is 5.44. The molecule has 0 amide bonds. The molecule has 60 heavy (non-hydrogen) atoms. The Kier molecular flexibility index (Phi) is 7.78. The molecule has 0 spiro atoms. The molecule has 4 aromatic heterocycles. The molecule has 5 heteroatoms. The van der Waals surface area contributed by atoms with Crippen molar-refractivity contribution < 1.29 is 0 Å². The summed E-state index contributed by atoms with van der Waals surface area (Å²) in [6, 6.07) is 74.7. The van der Waals surface area contributed by atoms with Crippen LogP contribution in [-0.4, -0.2) is 24.1 Å². The summed E-state index contributed by atoms with van der Waals surface area (Å²) in [5.74, 6) is 0.682. The van der Waals surface area contributed by atoms with Gasteiger partial charge in [0, 0.05) is 60.6 Å². The highest BCUT2D eigenvalue weighted by Crippen LogP contribution is 2.42. The van der Waals surface area contributed by atoms with Crippen LogP contribution < -0.4 is 0 Å². The zero-order valence-corrected chi connectivity index (χ0v) is 32.4. The van der Waals surface area contributed by atoms with Gasteiger partial charge in [0.05, 0.1) is 44.7 Å². The van der Waals surface area contributed by atoms with E-state index in [4.69, 9.17) is 15.0 Å². The highest BCUT2D eigenvalue weighted by atomic mass is 15.0. The molecule has 4 heterocycles. The lowest BCUT2D eigenvalue weighted by Gasteiger charge is -2.13. The summed E-state index contributed by atoms with van der Waals surface area (Å²) in [5.41, 5.74) is 14.5. The molecule has 0 aliphatic rings.